The molecule has 1 rings (SSSR count). The minimum absolute atomic E-state index is 0.0789. The summed E-state index contributed by atoms with van der Waals surface area (Å²) in [5.41, 5.74) is 0. The lowest BCUT2D eigenvalue weighted by atomic mass is 9.94. The first kappa shape index (κ1) is 49.7. The van der Waals surface area contributed by atoms with E-state index in [0.717, 1.165) is 38.5 Å². The fraction of sp³-hybridized carbons (Fsp3) is 0.780. The highest BCUT2D eigenvalue weighted by atomic mass is 31.2. The topological polar surface area (TPSA) is 145 Å². The molecule has 0 aromatic rings. The van der Waals surface area contributed by atoms with Gasteiger partial charge in [0.05, 0.1) is 19.6 Å². The quantitative estimate of drug-likeness (QED) is 0.0215. The van der Waals surface area contributed by atoms with Crippen molar-refractivity contribution in [2.45, 2.75) is 180 Å². The van der Waals surface area contributed by atoms with Gasteiger partial charge in [-0.1, -0.05) is 142 Å². The van der Waals surface area contributed by atoms with Crippen molar-refractivity contribution in [2.24, 2.45) is 0 Å². The van der Waals surface area contributed by atoms with Crippen molar-refractivity contribution in [1.82, 2.24) is 5.32 Å². The summed E-state index contributed by atoms with van der Waals surface area (Å²) < 4.78 is 54.2. The van der Waals surface area contributed by atoms with E-state index < -0.39 is 50.5 Å². The number of phosphoric acid groups is 1. The van der Waals surface area contributed by atoms with Crippen LogP contribution >= 0.6 is 7.82 Å². The zero-order valence-electron chi connectivity index (χ0n) is 33.6. The first-order valence-corrected chi connectivity index (χ1v) is 22.0. The molecule has 1 N–H and O–H groups in total. The maximum atomic E-state index is 13.8. The molecular formula is C41H72NO11P. The van der Waals surface area contributed by atoms with E-state index in [1.807, 2.05) is 6.92 Å². The largest absolute Gasteiger partial charge is 0.509 e. The summed E-state index contributed by atoms with van der Waals surface area (Å²) in [6.45, 7) is 16.9. The highest BCUT2D eigenvalue weighted by Crippen LogP contribution is 2.52. The van der Waals surface area contributed by atoms with E-state index in [-0.39, 0.29) is 45.1 Å². The number of hydrogen-bond acceptors (Lipinski definition) is 11. The summed E-state index contributed by atoms with van der Waals surface area (Å²) in [5, 5.41) is 2.84. The second-order valence-electron chi connectivity index (χ2n) is 13.8. The summed E-state index contributed by atoms with van der Waals surface area (Å²) >= 11 is 0. The Morgan fingerprint density at radius 3 is 1.74 bits per heavy atom. The van der Waals surface area contributed by atoms with Crippen molar-refractivity contribution >= 4 is 25.7 Å². The molecule has 5 atom stereocenters. The maximum Gasteiger partial charge on any atom is 0.509 e. The summed E-state index contributed by atoms with van der Waals surface area (Å²) in [4.78, 5) is 39.2. The first-order chi connectivity index (χ1) is 26.2. The third-order valence-corrected chi connectivity index (χ3v) is 10.5. The molecule has 1 fully saturated rings. The zero-order valence-corrected chi connectivity index (χ0v) is 34.5. The van der Waals surface area contributed by atoms with Gasteiger partial charge in [0.1, 0.15) is 30.6 Å². The van der Waals surface area contributed by atoms with Gasteiger partial charge in [0.25, 0.3) is 0 Å². The fourth-order valence-corrected chi connectivity index (χ4v) is 7.40. The van der Waals surface area contributed by atoms with Gasteiger partial charge in [0.15, 0.2) is 12.4 Å². The second-order valence-corrected chi connectivity index (χ2v) is 15.4. The molecule has 0 saturated carbocycles. The second kappa shape index (κ2) is 31.8. The molecule has 0 bridgehead atoms. The normalized spacial score (nSPS) is 19.9. The summed E-state index contributed by atoms with van der Waals surface area (Å²) in [6.07, 6.45) is 17.7. The van der Waals surface area contributed by atoms with Crippen LogP contribution in [-0.2, 0) is 46.7 Å². The Labute approximate surface area is 326 Å². The third-order valence-electron chi connectivity index (χ3n) is 9.09. The Hall–Kier alpha value is -2.34. The minimum atomic E-state index is -4.32. The summed E-state index contributed by atoms with van der Waals surface area (Å²) in [6, 6.07) is -1.19. The highest BCUT2D eigenvalue weighted by molar-refractivity contribution is 7.48. The smallest absolute Gasteiger partial charge is 0.430 e. The number of ether oxygens (including phenoxy) is 4. The number of carbonyl (C=O) groups is 3. The molecule has 0 aromatic heterocycles. The Morgan fingerprint density at radius 2 is 1.22 bits per heavy atom. The molecule has 12 nitrogen and oxygen atoms in total. The van der Waals surface area contributed by atoms with Crippen LogP contribution in [-0.4, -0.2) is 74.9 Å². The third kappa shape index (κ3) is 22.3. The number of ketones is 1. The van der Waals surface area contributed by atoms with Crippen molar-refractivity contribution in [3.63, 3.8) is 0 Å². The van der Waals surface area contributed by atoms with Crippen LogP contribution in [0.2, 0.25) is 0 Å². The van der Waals surface area contributed by atoms with Gasteiger partial charge in [-0.15, -0.1) is 13.2 Å². The van der Waals surface area contributed by atoms with Gasteiger partial charge < -0.3 is 24.3 Å². The van der Waals surface area contributed by atoms with Crippen LogP contribution in [0, 0.1) is 0 Å². The van der Waals surface area contributed by atoms with Gasteiger partial charge in [0.2, 0.25) is 5.91 Å². The number of hydrogen-bond donors (Lipinski definition) is 1. The molecule has 1 aliphatic rings. The minimum Gasteiger partial charge on any atom is -0.430 e. The van der Waals surface area contributed by atoms with Gasteiger partial charge in [-0.05, 0) is 19.3 Å². The van der Waals surface area contributed by atoms with Gasteiger partial charge in [-0.25, -0.2) is 9.36 Å². The van der Waals surface area contributed by atoms with Gasteiger partial charge in [-0.3, -0.25) is 23.2 Å². The van der Waals surface area contributed by atoms with Crippen LogP contribution in [0.5, 0.6) is 0 Å². The van der Waals surface area contributed by atoms with Crippen molar-refractivity contribution < 1.29 is 51.5 Å². The molecule has 0 aliphatic carbocycles. The molecule has 2 unspecified atom stereocenters. The Balaban J connectivity index is 3.22. The number of nitrogens with one attached hydrogen (secondary N) is 1. The standard InChI is InChI=1S/C41H72NO11P/c1-7-13-15-17-19-21-22-24-26-28-34(43)33-36(44)42-37-39(47-32-27-25-23-20-18-16-14-8-2)38(52-41(45)48-29-9-3)35(12-6)51-40(37)53-54(46,49-30-10-4)50-31-11-5/h9-11,35,37-40H,3-5,7-8,12-33H2,1-2,6H3,(H,42,44)/t35?,37-,38-,39?,40-/m1/s1. The van der Waals surface area contributed by atoms with Crippen LogP contribution < -0.4 is 5.32 Å². The van der Waals surface area contributed by atoms with Gasteiger partial charge in [0, 0.05) is 13.0 Å². The van der Waals surface area contributed by atoms with E-state index in [0.29, 0.717) is 19.3 Å². The van der Waals surface area contributed by atoms with E-state index >= 15 is 0 Å². The Morgan fingerprint density at radius 1 is 0.704 bits per heavy atom. The average Bonchev–Trinajstić information content (AvgIpc) is 3.15. The SMILES string of the molecule is C=CCOC(=O)O[C@@H]1C(CC)O[C@H](OP(=O)(OCC=C)OCC=C)[C@H](NC(=O)CC(=O)CCCCCCCCCCC)C1OCCCCCCCCCC. The first-order valence-electron chi connectivity index (χ1n) is 20.5. The monoisotopic (exact) mass is 785 g/mol. The molecule has 0 radical (unpaired) electrons. The van der Waals surface area contributed by atoms with Gasteiger partial charge >= 0.3 is 14.0 Å². The van der Waals surface area contributed by atoms with Crippen LogP contribution in [0.4, 0.5) is 4.79 Å². The van der Waals surface area contributed by atoms with Crippen LogP contribution in [0.25, 0.3) is 0 Å². The van der Waals surface area contributed by atoms with E-state index in [1.165, 1.54) is 76.0 Å². The van der Waals surface area contributed by atoms with Crippen molar-refractivity contribution in [1.29, 1.82) is 0 Å². The Kier molecular flexibility index (Phi) is 29.3. The maximum absolute atomic E-state index is 13.8. The molecule has 13 heteroatoms. The van der Waals surface area contributed by atoms with Crippen molar-refractivity contribution in [2.75, 3.05) is 26.4 Å². The number of amides is 1. The average molecular weight is 786 g/mol. The lowest BCUT2D eigenvalue weighted by Gasteiger charge is -2.45. The molecule has 54 heavy (non-hydrogen) atoms. The van der Waals surface area contributed by atoms with Crippen molar-refractivity contribution in [3.8, 4) is 0 Å². The highest BCUT2D eigenvalue weighted by Gasteiger charge is 2.52. The fourth-order valence-electron chi connectivity index (χ4n) is 6.19. The number of phosphoric ester groups is 1. The van der Waals surface area contributed by atoms with E-state index in [4.69, 9.17) is 32.5 Å². The van der Waals surface area contributed by atoms with E-state index in [9.17, 15) is 18.9 Å². The molecule has 312 valence electrons. The number of unbranched alkanes of at least 4 members (excludes halogenated alkanes) is 15. The lowest BCUT2D eigenvalue weighted by Crippen LogP contribution is -2.65. The van der Waals surface area contributed by atoms with E-state index in [2.05, 4.69) is 38.9 Å². The van der Waals surface area contributed by atoms with Crippen LogP contribution in [0.1, 0.15) is 149 Å². The summed E-state index contributed by atoms with van der Waals surface area (Å²) in [5.74, 6) is -0.807. The molecule has 1 saturated heterocycles. The molecule has 1 amide bonds. The van der Waals surface area contributed by atoms with Crippen LogP contribution in [0.3, 0.4) is 0 Å². The molecule has 1 heterocycles. The molecule has 0 aromatic carbocycles. The summed E-state index contributed by atoms with van der Waals surface area (Å²) in [7, 11) is -4.32. The molecule has 1 aliphatic heterocycles. The predicted octanol–water partition coefficient (Wildman–Crippen LogP) is 10.2. The zero-order chi connectivity index (χ0) is 39.9. The number of Topliss-reactive ketones (excluding diaryl/α,β-unsaturated/α-hetero) is 1. The number of rotatable bonds is 35. The van der Waals surface area contributed by atoms with Crippen LogP contribution in [0.15, 0.2) is 38.0 Å². The van der Waals surface area contributed by atoms with Gasteiger partial charge in [-0.2, -0.15) is 0 Å². The van der Waals surface area contributed by atoms with Crippen molar-refractivity contribution in [3.05, 3.63) is 38.0 Å². The van der Waals surface area contributed by atoms with E-state index in [1.54, 1.807) is 0 Å². The number of carbonyl (C=O) groups excluding carboxylic acids is 3. The predicted molar refractivity (Wildman–Crippen MR) is 212 cm³/mol. The Bertz CT molecular complexity index is 1090. The lowest BCUT2D eigenvalue weighted by molar-refractivity contribution is -0.253. The molecule has 0 spiro atoms. The molecular weight excluding hydrogens is 713 g/mol.